The molecule has 2 amide bonds. The van der Waals surface area contributed by atoms with Crippen LogP contribution in [-0.4, -0.2) is 28.5 Å². The SMILES string of the molecule is Cc1csc(SCCCNC(=O)Nc2cc(C)on2)n1. The van der Waals surface area contributed by atoms with E-state index >= 15 is 0 Å². The molecular formula is C12H16N4O2S2. The minimum absolute atomic E-state index is 0.270. The van der Waals surface area contributed by atoms with Crippen molar-refractivity contribution in [2.24, 2.45) is 0 Å². The first kappa shape index (κ1) is 14.9. The molecule has 0 saturated carbocycles. The lowest BCUT2D eigenvalue weighted by molar-refractivity contribution is 0.252. The number of thioether (sulfide) groups is 1. The van der Waals surface area contributed by atoms with Crippen LogP contribution in [0.5, 0.6) is 0 Å². The van der Waals surface area contributed by atoms with E-state index in [1.807, 2.05) is 12.3 Å². The smallest absolute Gasteiger partial charge is 0.320 e. The maximum absolute atomic E-state index is 11.5. The highest BCUT2D eigenvalue weighted by molar-refractivity contribution is 8.00. The van der Waals surface area contributed by atoms with Gasteiger partial charge in [0.05, 0.1) is 0 Å². The molecule has 0 unspecified atom stereocenters. The summed E-state index contributed by atoms with van der Waals surface area (Å²) in [6.07, 6.45) is 0.883. The van der Waals surface area contributed by atoms with Crippen LogP contribution in [0.25, 0.3) is 0 Å². The number of nitrogens with one attached hydrogen (secondary N) is 2. The number of carbonyl (C=O) groups excluding carboxylic acids is 1. The zero-order chi connectivity index (χ0) is 14.4. The van der Waals surface area contributed by atoms with Gasteiger partial charge in [0.25, 0.3) is 0 Å². The Kier molecular flexibility index (Phi) is 5.42. The first-order valence-electron chi connectivity index (χ1n) is 6.16. The summed E-state index contributed by atoms with van der Waals surface area (Å²) in [5.74, 6) is 2.01. The lowest BCUT2D eigenvalue weighted by atomic mass is 10.5. The lowest BCUT2D eigenvalue weighted by Gasteiger charge is -2.04. The van der Waals surface area contributed by atoms with Crippen LogP contribution in [0.4, 0.5) is 10.6 Å². The summed E-state index contributed by atoms with van der Waals surface area (Å²) in [5.41, 5.74) is 1.05. The second-order valence-electron chi connectivity index (χ2n) is 4.16. The van der Waals surface area contributed by atoms with Gasteiger partial charge in [-0.15, -0.1) is 11.3 Å². The van der Waals surface area contributed by atoms with Crippen LogP contribution in [-0.2, 0) is 0 Å². The molecule has 0 aliphatic rings. The van der Waals surface area contributed by atoms with Gasteiger partial charge in [-0.1, -0.05) is 16.9 Å². The van der Waals surface area contributed by atoms with Gasteiger partial charge >= 0.3 is 6.03 Å². The molecule has 2 aromatic heterocycles. The van der Waals surface area contributed by atoms with Crippen LogP contribution in [0.2, 0.25) is 0 Å². The van der Waals surface area contributed by atoms with Gasteiger partial charge in [0, 0.05) is 29.4 Å². The Bertz CT molecular complexity index is 567. The summed E-state index contributed by atoms with van der Waals surface area (Å²) in [4.78, 5) is 15.9. The zero-order valence-electron chi connectivity index (χ0n) is 11.3. The molecule has 2 heterocycles. The standard InChI is InChI=1S/C12H16N4O2S2/c1-8-7-20-12(14-8)19-5-3-4-13-11(17)15-10-6-9(2)18-16-10/h6-7H,3-5H2,1-2H3,(H2,13,15,16,17). The average Bonchev–Trinajstić information content (AvgIpc) is 2.98. The summed E-state index contributed by atoms with van der Waals surface area (Å²) < 4.78 is 5.93. The molecule has 0 atom stereocenters. The fourth-order valence-electron chi connectivity index (χ4n) is 1.42. The van der Waals surface area contributed by atoms with E-state index in [0.29, 0.717) is 18.1 Å². The van der Waals surface area contributed by atoms with Crippen LogP contribution in [0.1, 0.15) is 17.9 Å². The van der Waals surface area contributed by atoms with Crippen molar-refractivity contribution >= 4 is 34.9 Å². The number of amides is 2. The number of carbonyl (C=O) groups is 1. The molecular weight excluding hydrogens is 296 g/mol. The molecule has 0 aliphatic carbocycles. The quantitative estimate of drug-likeness (QED) is 0.633. The molecule has 0 aliphatic heterocycles. The van der Waals surface area contributed by atoms with Crippen LogP contribution in [0.3, 0.4) is 0 Å². The minimum atomic E-state index is -0.270. The van der Waals surface area contributed by atoms with Gasteiger partial charge in [0.15, 0.2) is 5.82 Å². The Hall–Kier alpha value is -1.54. The van der Waals surface area contributed by atoms with E-state index in [-0.39, 0.29) is 6.03 Å². The van der Waals surface area contributed by atoms with E-state index in [4.69, 9.17) is 4.52 Å². The van der Waals surface area contributed by atoms with Gasteiger partial charge in [-0.05, 0) is 20.3 Å². The number of hydrogen-bond donors (Lipinski definition) is 2. The van der Waals surface area contributed by atoms with E-state index in [0.717, 1.165) is 22.2 Å². The largest absolute Gasteiger partial charge is 0.360 e. The number of aryl methyl sites for hydroxylation is 2. The Morgan fingerprint density at radius 2 is 2.35 bits per heavy atom. The summed E-state index contributed by atoms with van der Waals surface area (Å²) in [6.45, 7) is 4.37. The fourth-order valence-corrected chi connectivity index (χ4v) is 3.28. The van der Waals surface area contributed by atoms with Crippen molar-refractivity contribution < 1.29 is 9.32 Å². The second kappa shape index (κ2) is 7.30. The highest BCUT2D eigenvalue weighted by Crippen LogP contribution is 2.22. The molecule has 6 nitrogen and oxygen atoms in total. The Morgan fingerprint density at radius 1 is 1.50 bits per heavy atom. The predicted octanol–water partition coefficient (Wildman–Crippen LogP) is 3.05. The number of thiazole rings is 1. The first-order valence-corrected chi connectivity index (χ1v) is 8.03. The second-order valence-corrected chi connectivity index (χ2v) is 6.36. The van der Waals surface area contributed by atoms with E-state index in [2.05, 4.69) is 20.8 Å². The molecule has 0 radical (unpaired) electrons. The van der Waals surface area contributed by atoms with Gasteiger partial charge in [0.1, 0.15) is 10.1 Å². The molecule has 0 spiro atoms. The summed E-state index contributed by atoms with van der Waals surface area (Å²) in [5, 5.41) is 11.1. The topological polar surface area (TPSA) is 80.0 Å². The third kappa shape index (κ3) is 4.86. The number of rotatable bonds is 6. The molecule has 0 fully saturated rings. The predicted molar refractivity (Wildman–Crippen MR) is 80.5 cm³/mol. The third-order valence-electron chi connectivity index (χ3n) is 2.30. The van der Waals surface area contributed by atoms with Crippen molar-refractivity contribution in [3.63, 3.8) is 0 Å². The zero-order valence-corrected chi connectivity index (χ0v) is 12.9. The molecule has 0 bridgehead atoms. The highest BCUT2D eigenvalue weighted by Gasteiger charge is 2.05. The molecule has 108 valence electrons. The van der Waals surface area contributed by atoms with E-state index in [1.54, 1.807) is 36.1 Å². The molecule has 2 N–H and O–H groups in total. The number of urea groups is 1. The fraction of sp³-hybridized carbons (Fsp3) is 0.417. The number of nitrogens with zero attached hydrogens (tertiary/aromatic N) is 2. The highest BCUT2D eigenvalue weighted by atomic mass is 32.2. The molecule has 0 saturated heterocycles. The summed E-state index contributed by atoms with van der Waals surface area (Å²) in [7, 11) is 0. The number of aromatic nitrogens is 2. The van der Waals surface area contributed by atoms with Crippen molar-refractivity contribution in [1.82, 2.24) is 15.5 Å². The van der Waals surface area contributed by atoms with Crippen molar-refractivity contribution in [2.45, 2.75) is 24.6 Å². The third-order valence-corrected chi connectivity index (χ3v) is 4.52. The Morgan fingerprint density at radius 3 is 3.00 bits per heavy atom. The van der Waals surface area contributed by atoms with Crippen molar-refractivity contribution in [3.05, 3.63) is 22.9 Å². The van der Waals surface area contributed by atoms with Gasteiger partial charge in [0.2, 0.25) is 0 Å². The normalized spacial score (nSPS) is 10.5. The van der Waals surface area contributed by atoms with Gasteiger partial charge < -0.3 is 9.84 Å². The average molecular weight is 312 g/mol. The maximum atomic E-state index is 11.5. The van der Waals surface area contributed by atoms with E-state index in [1.165, 1.54) is 0 Å². The van der Waals surface area contributed by atoms with Crippen LogP contribution in [0, 0.1) is 13.8 Å². The maximum Gasteiger partial charge on any atom is 0.320 e. The number of hydrogen-bond acceptors (Lipinski definition) is 6. The Balaban J connectivity index is 1.57. The van der Waals surface area contributed by atoms with Crippen molar-refractivity contribution in [1.29, 1.82) is 0 Å². The van der Waals surface area contributed by atoms with Gasteiger partial charge in [-0.2, -0.15) is 0 Å². The van der Waals surface area contributed by atoms with E-state index < -0.39 is 0 Å². The molecule has 2 aromatic rings. The lowest BCUT2D eigenvalue weighted by Crippen LogP contribution is -2.29. The van der Waals surface area contributed by atoms with Crippen LogP contribution in [0.15, 0.2) is 20.3 Å². The number of anilines is 1. The molecule has 8 heteroatoms. The molecule has 20 heavy (non-hydrogen) atoms. The van der Waals surface area contributed by atoms with Crippen LogP contribution < -0.4 is 10.6 Å². The van der Waals surface area contributed by atoms with E-state index in [9.17, 15) is 4.79 Å². The Labute approximate surface area is 125 Å². The van der Waals surface area contributed by atoms with Gasteiger partial charge in [-0.25, -0.2) is 9.78 Å². The first-order chi connectivity index (χ1) is 9.63. The molecule has 2 rings (SSSR count). The molecule has 0 aromatic carbocycles. The van der Waals surface area contributed by atoms with Gasteiger partial charge in [-0.3, -0.25) is 5.32 Å². The summed E-state index contributed by atoms with van der Waals surface area (Å²) >= 11 is 3.36. The summed E-state index contributed by atoms with van der Waals surface area (Å²) in [6, 6.07) is 1.40. The minimum Gasteiger partial charge on any atom is -0.360 e. The van der Waals surface area contributed by atoms with Crippen molar-refractivity contribution in [2.75, 3.05) is 17.6 Å². The van der Waals surface area contributed by atoms with Crippen LogP contribution >= 0.6 is 23.1 Å². The monoisotopic (exact) mass is 312 g/mol. The van der Waals surface area contributed by atoms with Crippen molar-refractivity contribution in [3.8, 4) is 0 Å².